The fourth-order valence-electron chi connectivity index (χ4n) is 1.85. The summed E-state index contributed by atoms with van der Waals surface area (Å²) in [5.74, 6) is 0.0873. The topological polar surface area (TPSA) is 66.0 Å². The van der Waals surface area contributed by atoms with E-state index in [1.54, 1.807) is 6.20 Å². The van der Waals surface area contributed by atoms with Gasteiger partial charge < -0.3 is 10.6 Å². The van der Waals surface area contributed by atoms with Gasteiger partial charge in [-0.3, -0.25) is 10.4 Å². The molecule has 0 unspecified atom stereocenters. The lowest BCUT2D eigenvalue weighted by Gasteiger charge is -2.21. The molecule has 92 valence electrons. The van der Waals surface area contributed by atoms with E-state index in [2.05, 4.69) is 9.88 Å². The number of hydrogen-bond donors (Lipinski definition) is 2. The van der Waals surface area contributed by atoms with Crippen molar-refractivity contribution in [1.82, 2.24) is 4.98 Å². The lowest BCUT2D eigenvalue weighted by Crippen LogP contribution is -2.13. The van der Waals surface area contributed by atoms with E-state index in [0.717, 1.165) is 22.5 Å². The second kappa shape index (κ2) is 4.87. The molecule has 0 amide bonds. The molecule has 4 heteroatoms. The third-order valence-electron chi connectivity index (χ3n) is 2.92. The van der Waals surface area contributed by atoms with E-state index in [1.165, 1.54) is 0 Å². The Morgan fingerprint density at radius 2 is 1.89 bits per heavy atom. The Bertz CT molecular complexity index is 560. The van der Waals surface area contributed by atoms with E-state index in [4.69, 9.17) is 11.1 Å². The van der Waals surface area contributed by atoms with Gasteiger partial charge in [-0.1, -0.05) is 0 Å². The first-order valence-corrected chi connectivity index (χ1v) is 5.68. The fourth-order valence-corrected chi connectivity index (χ4v) is 1.85. The van der Waals surface area contributed by atoms with Gasteiger partial charge in [-0.2, -0.15) is 0 Å². The Morgan fingerprint density at radius 1 is 1.22 bits per heavy atom. The summed E-state index contributed by atoms with van der Waals surface area (Å²) in [5, 5.41) is 7.37. The molecule has 2 rings (SSSR count). The molecule has 0 aliphatic rings. The number of benzene rings is 1. The second-order valence-electron chi connectivity index (χ2n) is 4.18. The molecule has 0 spiro atoms. The van der Waals surface area contributed by atoms with Gasteiger partial charge in [0.25, 0.3) is 0 Å². The number of nitrogens with zero attached hydrogens (tertiary/aromatic N) is 2. The monoisotopic (exact) mass is 240 g/mol. The van der Waals surface area contributed by atoms with Crippen LogP contribution in [0.2, 0.25) is 0 Å². The standard InChI is InChI=1S/C14H16N4/c1-10-9-17-8-7-13(10)18(2)12-5-3-11(4-6-12)14(15)16/h3-9H,1-2H3,(H3,15,16). The highest BCUT2D eigenvalue weighted by Gasteiger charge is 2.06. The lowest BCUT2D eigenvalue weighted by atomic mass is 10.1. The third-order valence-corrected chi connectivity index (χ3v) is 2.92. The van der Waals surface area contributed by atoms with Gasteiger partial charge in [0.2, 0.25) is 0 Å². The van der Waals surface area contributed by atoms with Gasteiger partial charge in [0.1, 0.15) is 5.84 Å². The molecule has 2 aromatic rings. The number of nitrogens with two attached hydrogens (primary N) is 1. The fraction of sp³-hybridized carbons (Fsp3) is 0.143. The average Bonchev–Trinajstić information content (AvgIpc) is 2.38. The normalized spacial score (nSPS) is 10.1. The number of anilines is 2. The third kappa shape index (κ3) is 2.32. The molecule has 1 heterocycles. The van der Waals surface area contributed by atoms with Gasteiger partial charge in [0.05, 0.1) is 0 Å². The van der Waals surface area contributed by atoms with Gasteiger partial charge >= 0.3 is 0 Å². The van der Waals surface area contributed by atoms with Crippen molar-refractivity contribution >= 4 is 17.2 Å². The molecule has 0 atom stereocenters. The minimum absolute atomic E-state index is 0.0873. The summed E-state index contributed by atoms with van der Waals surface area (Å²) in [5.41, 5.74) is 9.45. The summed E-state index contributed by atoms with van der Waals surface area (Å²) in [6, 6.07) is 9.59. The van der Waals surface area contributed by atoms with E-state index in [1.807, 2.05) is 50.5 Å². The van der Waals surface area contributed by atoms with Crippen molar-refractivity contribution in [2.75, 3.05) is 11.9 Å². The summed E-state index contributed by atoms with van der Waals surface area (Å²) in [7, 11) is 2.01. The zero-order chi connectivity index (χ0) is 13.1. The zero-order valence-electron chi connectivity index (χ0n) is 10.5. The number of nitrogen functional groups attached to an aromatic ring is 1. The predicted octanol–water partition coefficient (Wildman–Crippen LogP) is 2.44. The van der Waals surface area contributed by atoms with Crippen LogP contribution in [0.25, 0.3) is 0 Å². The summed E-state index contributed by atoms with van der Waals surface area (Å²) < 4.78 is 0. The van der Waals surface area contributed by atoms with E-state index >= 15 is 0 Å². The molecule has 0 aliphatic carbocycles. The Kier molecular flexibility index (Phi) is 3.28. The van der Waals surface area contributed by atoms with Crippen LogP contribution in [0.1, 0.15) is 11.1 Å². The quantitative estimate of drug-likeness (QED) is 0.639. The number of aryl methyl sites for hydroxylation is 1. The van der Waals surface area contributed by atoms with Crippen molar-refractivity contribution in [3.05, 3.63) is 53.9 Å². The first kappa shape index (κ1) is 12.1. The first-order chi connectivity index (χ1) is 8.59. The van der Waals surface area contributed by atoms with Gasteiger partial charge in [-0.15, -0.1) is 0 Å². The maximum atomic E-state index is 7.37. The Morgan fingerprint density at radius 3 is 2.44 bits per heavy atom. The number of aromatic nitrogens is 1. The van der Waals surface area contributed by atoms with Crippen molar-refractivity contribution in [1.29, 1.82) is 5.41 Å². The highest BCUT2D eigenvalue weighted by molar-refractivity contribution is 5.95. The van der Waals surface area contributed by atoms with E-state index in [-0.39, 0.29) is 5.84 Å². The Labute approximate surface area is 107 Å². The molecular formula is C14H16N4. The number of hydrogen-bond acceptors (Lipinski definition) is 3. The SMILES string of the molecule is Cc1cnccc1N(C)c1ccc(C(=N)N)cc1. The number of nitrogens with one attached hydrogen (secondary N) is 1. The van der Waals surface area contributed by atoms with Crippen LogP contribution in [0.3, 0.4) is 0 Å². The van der Waals surface area contributed by atoms with Crippen molar-refractivity contribution in [3.8, 4) is 0 Å². The number of amidine groups is 1. The van der Waals surface area contributed by atoms with Crippen LogP contribution in [-0.2, 0) is 0 Å². The summed E-state index contributed by atoms with van der Waals surface area (Å²) >= 11 is 0. The molecule has 3 N–H and O–H groups in total. The summed E-state index contributed by atoms with van der Waals surface area (Å²) in [4.78, 5) is 6.17. The molecule has 1 aromatic heterocycles. The van der Waals surface area contributed by atoms with Crippen molar-refractivity contribution < 1.29 is 0 Å². The largest absolute Gasteiger partial charge is 0.384 e. The number of rotatable bonds is 3. The van der Waals surface area contributed by atoms with Crippen molar-refractivity contribution in [2.45, 2.75) is 6.92 Å². The molecule has 0 saturated carbocycles. The van der Waals surface area contributed by atoms with Crippen LogP contribution in [0.5, 0.6) is 0 Å². The number of pyridine rings is 1. The minimum Gasteiger partial charge on any atom is -0.384 e. The molecule has 0 bridgehead atoms. The molecule has 4 nitrogen and oxygen atoms in total. The van der Waals surface area contributed by atoms with Crippen molar-refractivity contribution in [2.24, 2.45) is 5.73 Å². The maximum absolute atomic E-state index is 7.37. The van der Waals surface area contributed by atoms with E-state index < -0.39 is 0 Å². The van der Waals surface area contributed by atoms with Crippen LogP contribution >= 0.6 is 0 Å². The summed E-state index contributed by atoms with van der Waals surface area (Å²) in [6.45, 7) is 2.03. The Balaban J connectivity index is 2.32. The molecule has 0 saturated heterocycles. The zero-order valence-corrected chi connectivity index (χ0v) is 10.5. The maximum Gasteiger partial charge on any atom is 0.122 e. The van der Waals surface area contributed by atoms with Gasteiger partial charge in [0.15, 0.2) is 0 Å². The minimum atomic E-state index is 0.0873. The Hall–Kier alpha value is -2.36. The molecular weight excluding hydrogens is 224 g/mol. The van der Waals surface area contributed by atoms with Gasteiger partial charge in [-0.05, 0) is 42.8 Å². The van der Waals surface area contributed by atoms with Crippen LogP contribution in [-0.4, -0.2) is 17.9 Å². The predicted molar refractivity (Wildman–Crippen MR) is 74.5 cm³/mol. The molecule has 18 heavy (non-hydrogen) atoms. The molecule has 0 aliphatic heterocycles. The highest BCUT2D eigenvalue weighted by atomic mass is 15.1. The first-order valence-electron chi connectivity index (χ1n) is 5.68. The highest BCUT2D eigenvalue weighted by Crippen LogP contribution is 2.25. The summed E-state index contributed by atoms with van der Waals surface area (Å²) in [6.07, 6.45) is 3.62. The van der Waals surface area contributed by atoms with Gasteiger partial charge in [0, 0.05) is 36.4 Å². The van der Waals surface area contributed by atoms with E-state index in [9.17, 15) is 0 Å². The molecule has 1 aromatic carbocycles. The van der Waals surface area contributed by atoms with Crippen LogP contribution < -0.4 is 10.6 Å². The molecule has 0 fully saturated rings. The smallest absolute Gasteiger partial charge is 0.122 e. The van der Waals surface area contributed by atoms with Crippen LogP contribution in [0.15, 0.2) is 42.7 Å². The van der Waals surface area contributed by atoms with Crippen LogP contribution in [0.4, 0.5) is 11.4 Å². The second-order valence-corrected chi connectivity index (χ2v) is 4.18. The molecule has 0 radical (unpaired) electrons. The van der Waals surface area contributed by atoms with Gasteiger partial charge in [-0.25, -0.2) is 0 Å². The van der Waals surface area contributed by atoms with E-state index in [0.29, 0.717) is 0 Å². The van der Waals surface area contributed by atoms with Crippen molar-refractivity contribution in [3.63, 3.8) is 0 Å². The lowest BCUT2D eigenvalue weighted by molar-refractivity contribution is 1.15. The van der Waals surface area contributed by atoms with Crippen LogP contribution in [0, 0.1) is 12.3 Å². The average molecular weight is 240 g/mol.